The van der Waals surface area contributed by atoms with Crippen molar-refractivity contribution < 1.29 is 9.47 Å². The van der Waals surface area contributed by atoms with E-state index in [0.717, 1.165) is 36.6 Å². The summed E-state index contributed by atoms with van der Waals surface area (Å²) in [4.78, 5) is 2.29. The summed E-state index contributed by atoms with van der Waals surface area (Å²) in [5, 5.41) is 0. The molecule has 0 amide bonds. The maximum Gasteiger partial charge on any atom is 0.158 e. The molecule has 1 aromatic heterocycles. The highest BCUT2D eigenvalue weighted by atomic mass is 16.5. The average molecular weight is 348 g/mol. The van der Waals surface area contributed by atoms with Crippen LogP contribution in [-0.4, -0.2) is 24.8 Å². The fourth-order valence-electron chi connectivity index (χ4n) is 3.41. The highest BCUT2D eigenvalue weighted by Crippen LogP contribution is 2.33. The molecule has 0 aliphatic carbocycles. The van der Waals surface area contributed by atoms with E-state index in [9.17, 15) is 0 Å². The van der Waals surface area contributed by atoms with Gasteiger partial charge in [0.25, 0.3) is 0 Å². The number of rotatable bonds is 5. The molecule has 3 aromatic rings. The van der Waals surface area contributed by atoms with Crippen molar-refractivity contribution in [3.05, 3.63) is 78.1 Å². The average Bonchev–Trinajstić information content (AvgIpc) is 3.37. The second-order valence-corrected chi connectivity index (χ2v) is 6.49. The van der Waals surface area contributed by atoms with E-state index in [1.807, 2.05) is 12.1 Å². The lowest BCUT2D eigenvalue weighted by Crippen LogP contribution is -2.22. The van der Waals surface area contributed by atoms with Gasteiger partial charge < -0.3 is 18.9 Å². The SMILES string of the molecule is CCc1ccc(-n2ccc([C@H]3OCCN3c3ccc(OC)cc3)c2)cc1. The highest BCUT2D eigenvalue weighted by molar-refractivity contribution is 5.51. The summed E-state index contributed by atoms with van der Waals surface area (Å²) >= 11 is 0. The monoisotopic (exact) mass is 348 g/mol. The molecule has 1 saturated heterocycles. The van der Waals surface area contributed by atoms with Crippen LogP contribution in [0.2, 0.25) is 0 Å². The van der Waals surface area contributed by atoms with Gasteiger partial charge in [0.1, 0.15) is 5.75 Å². The number of methoxy groups -OCH3 is 1. The van der Waals surface area contributed by atoms with Crippen LogP contribution >= 0.6 is 0 Å². The number of benzene rings is 2. The van der Waals surface area contributed by atoms with Crippen molar-refractivity contribution in [2.75, 3.05) is 25.2 Å². The Morgan fingerprint density at radius 1 is 1.00 bits per heavy atom. The van der Waals surface area contributed by atoms with Crippen LogP contribution in [0.4, 0.5) is 5.69 Å². The lowest BCUT2D eigenvalue weighted by Gasteiger charge is -2.24. The van der Waals surface area contributed by atoms with Crippen molar-refractivity contribution in [2.45, 2.75) is 19.6 Å². The molecular formula is C22H24N2O2. The number of hydrogen-bond acceptors (Lipinski definition) is 3. The minimum Gasteiger partial charge on any atom is -0.497 e. The van der Waals surface area contributed by atoms with Crippen molar-refractivity contribution >= 4 is 5.69 Å². The summed E-state index contributed by atoms with van der Waals surface area (Å²) in [6, 6.07) is 19.0. The first-order valence-electron chi connectivity index (χ1n) is 9.08. The Hall–Kier alpha value is -2.72. The molecule has 1 aliphatic heterocycles. The minimum absolute atomic E-state index is 0.0560. The molecule has 0 unspecified atom stereocenters. The van der Waals surface area contributed by atoms with Crippen molar-refractivity contribution in [1.82, 2.24) is 4.57 Å². The Morgan fingerprint density at radius 3 is 2.42 bits per heavy atom. The van der Waals surface area contributed by atoms with Gasteiger partial charge in [-0.05, 0) is 54.4 Å². The second-order valence-electron chi connectivity index (χ2n) is 6.49. The van der Waals surface area contributed by atoms with Gasteiger partial charge in [0.05, 0.1) is 13.7 Å². The third-order valence-electron chi connectivity index (χ3n) is 4.94. The first-order valence-corrected chi connectivity index (χ1v) is 9.08. The highest BCUT2D eigenvalue weighted by Gasteiger charge is 2.28. The Morgan fingerprint density at radius 2 is 1.73 bits per heavy atom. The predicted octanol–water partition coefficient (Wildman–Crippen LogP) is 4.58. The van der Waals surface area contributed by atoms with Crippen LogP contribution in [-0.2, 0) is 11.2 Å². The van der Waals surface area contributed by atoms with Gasteiger partial charge in [-0.15, -0.1) is 0 Å². The number of aromatic nitrogens is 1. The van der Waals surface area contributed by atoms with E-state index in [1.54, 1.807) is 7.11 Å². The lowest BCUT2D eigenvalue weighted by molar-refractivity contribution is 0.114. The lowest BCUT2D eigenvalue weighted by atomic mass is 10.1. The molecule has 0 bridgehead atoms. The Labute approximate surface area is 154 Å². The van der Waals surface area contributed by atoms with Crippen LogP contribution in [0.15, 0.2) is 67.0 Å². The molecule has 1 aliphatic rings. The molecule has 0 radical (unpaired) electrons. The zero-order valence-electron chi connectivity index (χ0n) is 15.3. The molecule has 2 aromatic carbocycles. The summed E-state index contributed by atoms with van der Waals surface area (Å²) in [5.41, 5.74) is 4.83. The Balaban J connectivity index is 1.57. The zero-order chi connectivity index (χ0) is 17.9. The smallest absolute Gasteiger partial charge is 0.158 e. The van der Waals surface area contributed by atoms with Crippen LogP contribution in [0.5, 0.6) is 5.75 Å². The molecule has 134 valence electrons. The molecule has 1 atom stereocenters. The molecule has 4 rings (SSSR count). The standard InChI is InChI=1S/C22H24N2O2/c1-3-17-4-6-19(7-5-17)23-13-12-18(16-23)22-24(14-15-26-22)20-8-10-21(25-2)11-9-20/h4-13,16,22H,3,14-15H2,1-2H3/t22-/m1/s1. The second kappa shape index (κ2) is 7.26. The summed E-state index contributed by atoms with van der Waals surface area (Å²) in [6.07, 6.45) is 5.27. The molecular weight excluding hydrogens is 324 g/mol. The number of anilines is 1. The molecule has 4 nitrogen and oxygen atoms in total. The van der Waals surface area contributed by atoms with Crippen LogP contribution in [0.3, 0.4) is 0 Å². The van der Waals surface area contributed by atoms with Crippen molar-refractivity contribution in [2.24, 2.45) is 0 Å². The number of aryl methyl sites for hydroxylation is 1. The topological polar surface area (TPSA) is 26.6 Å². The molecule has 0 spiro atoms. The van der Waals surface area contributed by atoms with Crippen molar-refractivity contribution in [3.63, 3.8) is 0 Å². The summed E-state index contributed by atoms with van der Waals surface area (Å²) in [5.74, 6) is 0.868. The van der Waals surface area contributed by atoms with E-state index < -0.39 is 0 Å². The van der Waals surface area contributed by atoms with E-state index in [0.29, 0.717) is 0 Å². The van der Waals surface area contributed by atoms with Gasteiger partial charge in [-0.2, -0.15) is 0 Å². The fourth-order valence-corrected chi connectivity index (χ4v) is 3.41. The molecule has 0 N–H and O–H groups in total. The van der Waals surface area contributed by atoms with Gasteiger partial charge in [0.15, 0.2) is 6.23 Å². The molecule has 26 heavy (non-hydrogen) atoms. The largest absolute Gasteiger partial charge is 0.497 e. The normalized spacial score (nSPS) is 16.8. The third-order valence-corrected chi connectivity index (χ3v) is 4.94. The minimum atomic E-state index is -0.0560. The Bertz CT molecular complexity index is 853. The van der Waals surface area contributed by atoms with Crippen molar-refractivity contribution in [3.8, 4) is 11.4 Å². The van der Waals surface area contributed by atoms with E-state index in [1.165, 1.54) is 11.3 Å². The first kappa shape index (κ1) is 16.7. The number of nitrogens with zero attached hydrogens (tertiary/aromatic N) is 2. The van der Waals surface area contributed by atoms with Gasteiger partial charge >= 0.3 is 0 Å². The fraction of sp³-hybridized carbons (Fsp3) is 0.273. The maximum absolute atomic E-state index is 6.03. The number of hydrogen-bond donors (Lipinski definition) is 0. The van der Waals surface area contributed by atoms with E-state index in [-0.39, 0.29) is 6.23 Å². The van der Waals surface area contributed by atoms with Gasteiger partial charge in [-0.25, -0.2) is 0 Å². The van der Waals surface area contributed by atoms with Gasteiger partial charge in [-0.1, -0.05) is 19.1 Å². The van der Waals surface area contributed by atoms with Crippen LogP contribution < -0.4 is 9.64 Å². The molecule has 2 heterocycles. The maximum atomic E-state index is 6.03. The van der Waals surface area contributed by atoms with Crippen molar-refractivity contribution in [1.29, 1.82) is 0 Å². The van der Waals surface area contributed by atoms with Crippen LogP contribution in [0.25, 0.3) is 5.69 Å². The van der Waals surface area contributed by atoms with Gasteiger partial charge in [0, 0.05) is 35.9 Å². The molecule has 1 fully saturated rings. The molecule has 4 heteroatoms. The Kier molecular flexibility index (Phi) is 4.67. The quantitative estimate of drug-likeness (QED) is 0.675. The summed E-state index contributed by atoms with van der Waals surface area (Å²) < 4.78 is 13.4. The summed E-state index contributed by atoms with van der Waals surface area (Å²) in [6.45, 7) is 3.79. The van der Waals surface area contributed by atoms with E-state index >= 15 is 0 Å². The first-order chi connectivity index (χ1) is 12.8. The summed E-state index contributed by atoms with van der Waals surface area (Å²) in [7, 11) is 1.69. The predicted molar refractivity (Wildman–Crippen MR) is 104 cm³/mol. The van der Waals surface area contributed by atoms with E-state index in [4.69, 9.17) is 9.47 Å². The molecule has 0 saturated carbocycles. The number of ether oxygens (including phenoxy) is 2. The van der Waals surface area contributed by atoms with Gasteiger partial charge in [0.2, 0.25) is 0 Å². The van der Waals surface area contributed by atoms with Crippen LogP contribution in [0, 0.1) is 0 Å². The van der Waals surface area contributed by atoms with E-state index in [2.05, 4.69) is 71.2 Å². The third kappa shape index (κ3) is 3.20. The zero-order valence-corrected chi connectivity index (χ0v) is 15.3. The van der Waals surface area contributed by atoms with Gasteiger partial charge in [-0.3, -0.25) is 0 Å². The van der Waals surface area contributed by atoms with Crippen LogP contribution in [0.1, 0.15) is 24.3 Å².